The molecule has 10 nitrogen and oxygen atoms in total. The Labute approximate surface area is 127 Å². The summed E-state index contributed by atoms with van der Waals surface area (Å²) in [7, 11) is -0.850. The van der Waals surface area contributed by atoms with Crippen LogP contribution in [0.15, 0.2) is 17.2 Å². The van der Waals surface area contributed by atoms with E-state index < -0.39 is 10.0 Å². The Kier molecular flexibility index (Phi) is 4.17. The molecule has 2 aromatic rings. The van der Waals surface area contributed by atoms with Crippen LogP contribution in [-0.4, -0.2) is 46.1 Å². The van der Waals surface area contributed by atoms with Gasteiger partial charge in [0.25, 0.3) is 21.9 Å². The zero-order valence-electron chi connectivity index (χ0n) is 12.6. The molecular weight excluding hydrogens is 310 g/mol. The first-order valence-corrected chi connectivity index (χ1v) is 7.93. The number of carbonyl (C=O) groups excluding carboxylic acids is 1. The molecule has 2 N–H and O–H groups in total. The van der Waals surface area contributed by atoms with Crippen LogP contribution in [0, 0.1) is 0 Å². The number of hydrogen-bond donors (Lipinski definition) is 2. The number of rotatable bonds is 5. The lowest BCUT2D eigenvalue weighted by Crippen LogP contribution is -2.20. The zero-order chi connectivity index (χ0) is 16.5. The number of aromatic nitrogens is 5. The molecule has 0 aliphatic carbocycles. The summed E-state index contributed by atoms with van der Waals surface area (Å²) in [6, 6.07) is 1.23. The fourth-order valence-electron chi connectivity index (χ4n) is 1.70. The van der Waals surface area contributed by atoms with Crippen molar-refractivity contribution in [2.24, 2.45) is 7.05 Å². The summed E-state index contributed by atoms with van der Waals surface area (Å²) in [5, 5.41) is 13.7. The fourth-order valence-corrected chi connectivity index (χ4v) is 2.70. The lowest BCUT2D eigenvalue weighted by Gasteiger charge is -2.01. The number of nitrogens with one attached hydrogen (secondary N) is 2. The van der Waals surface area contributed by atoms with Crippen LogP contribution in [0.4, 0.5) is 5.95 Å². The number of nitrogens with zero attached hydrogens (tertiary/aromatic N) is 5. The van der Waals surface area contributed by atoms with E-state index >= 15 is 0 Å². The Bertz CT molecular complexity index is 790. The van der Waals surface area contributed by atoms with E-state index in [1.165, 1.54) is 28.7 Å². The SMILES string of the molecule is CNC(=O)c1cc(S(=O)(=O)Nc2nnn(C(C)C)n2)cn1C. The summed E-state index contributed by atoms with van der Waals surface area (Å²) in [5.41, 5.74) is 0.224. The van der Waals surface area contributed by atoms with Crippen molar-refractivity contribution in [1.29, 1.82) is 0 Å². The quantitative estimate of drug-likeness (QED) is 0.780. The van der Waals surface area contributed by atoms with Crippen LogP contribution in [-0.2, 0) is 17.1 Å². The second kappa shape index (κ2) is 5.75. The molecule has 0 saturated heterocycles. The molecule has 0 spiro atoms. The Morgan fingerprint density at radius 1 is 1.36 bits per heavy atom. The predicted molar refractivity (Wildman–Crippen MR) is 77.8 cm³/mol. The summed E-state index contributed by atoms with van der Waals surface area (Å²) >= 11 is 0. The van der Waals surface area contributed by atoms with Gasteiger partial charge in [0.15, 0.2) is 0 Å². The van der Waals surface area contributed by atoms with E-state index in [1.807, 2.05) is 13.8 Å². The molecule has 11 heteroatoms. The van der Waals surface area contributed by atoms with Gasteiger partial charge in [-0.05, 0) is 25.1 Å². The summed E-state index contributed by atoms with van der Waals surface area (Å²) in [6.45, 7) is 3.68. The molecule has 0 bridgehead atoms. The maximum atomic E-state index is 12.3. The molecule has 0 atom stereocenters. The average Bonchev–Trinajstić information content (AvgIpc) is 3.04. The van der Waals surface area contributed by atoms with Crippen molar-refractivity contribution >= 4 is 21.9 Å². The van der Waals surface area contributed by atoms with Crippen LogP contribution >= 0.6 is 0 Å². The highest BCUT2D eigenvalue weighted by Gasteiger charge is 2.22. The number of amides is 1. The number of sulfonamides is 1. The van der Waals surface area contributed by atoms with Crippen LogP contribution < -0.4 is 10.0 Å². The largest absolute Gasteiger partial charge is 0.354 e. The van der Waals surface area contributed by atoms with Gasteiger partial charge in [0.2, 0.25) is 0 Å². The third-order valence-corrected chi connectivity index (χ3v) is 4.16. The van der Waals surface area contributed by atoms with Crippen LogP contribution in [0.5, 0.6) is 0 Å². The molecule has 0 aromatic carbocycles. The lowest BCUT2D eigenvalue weighted by molar-refractivity contribution is 0.0955. The number of carbonyl (C=O) groups is 1. The predicted octanol–water partition coefficient (Wildman–Crippen LogP) is -0.247. The van der Waals surface area contributed by atoms with Crippen LogP contribution in [0.2, 0.25) is 0 Å². The van der Waals surface area contributed by atoms with Gasteiger partial charge >= 0.3 is 0 Å². The van der Waals surface area contributed by atoms with Crippen molar-refractivity contribution in [1.82, 2.24) is 30.1 Å². The molecule has 0 radical (unpaired) electrons. The summed E-state index contributed by atoms with van der Waals surface area (Å²) < 4.78 is 28.2. The molecule has 0 aliphatic rings. The van der Waals surface area contributed by atoms with E-state index in [4.69, 9.17) is 0 Å². The second-order valence-electron chi connectivity index (χ2n) is 4.88. The van der Waals surface area contributed by atoms with E-state index in [9.17, 15) is 13.2 Å². The van der Waals surface area contributed by atoms with E-state index in [0.29, 0.717) is 0 Å². The monoisotopic (exact) mass is 327 g/mol. The Balaban J connectivity index is 2.28. The Morgan fingerprint density at radius 3 is 2.59 bits per heavy atom. The van der Waals surface area contributed by atoms with E-state index in [1.54, 1.807) is 7.05 Å². The highest BCUT2D eigenvalue weighted by molar-refractivity contribution is 7.92. The first-order chi connectivity index (χ1) is 10.2. The molecule has 2 aromatic heterocycles. The normalized spacial score (nSPS) is 11.7. The first-order valence-electron chi connectivity index (χ1n) is 6.45. The second-order valence-corrected chi connectivity index (χ2v) is 6.57. The summed E-state index contributed by atoms with van der Waals surface area (Å²) in [5.74, 6) is -0.508. The molecule has 22 heavy (non-hydrogen) atoms. The fraction of sp³-hybridized carbons (Fsp3) is 0.455. The molecular formula is C11H17N7O3S. The third-order valence-electron chi connectivity index (χ3n) is 2.87. The number of tetrazole rings is 1. The summed E-state index contributed by atoms with van der Waals surface area (Å²) in [6.07, 6.45) is 1.33. The van der Waals surface area contributed by atoms with Crippen LogP contribution in [0.25, 0.3) is 0 Å². The Hall–Kier alpha value is -2.43. The van der Waals surface area contributed by atoms with Crippen molar-refractivity contribution in [2.45, 2.75) is 24.8 Å². The van der Waals surface area contributed by atoms with Crippen LogP contribution in [0.3, 0.4) is 0 Å². The van der Waals surface area contributed by atoms with E-state index in [0.717, 1.165) is 0 Å². The molecule has 1 amide bonds. The molecule has 0 aliphatic heterocycles. The summed E-state index contributed by atoms with van der Waals surface area (Å²) in [4.78, 5) is 12.9. The van der Waals surface area contributed by atoms with Crippen molar-refractivity contribution in [3.05, 3.63) is 18.0 Å². The highest BCUT2D eigenvalue weighted by atomic mass is 32.2. The van der Waals surface area contributed by atoms with Gasteiger partial charge in [-0.1, -0.05) is 5.10 Å². The van der Waals surface area contributed by atoms with Crippen molar-refractivity contribution < 1.29 is 13.2 Å². The van der Waals surface area contributed by atoms with Gasteiger partial charge in [-0.15, -0.1) is 5.10 Å². The standard InChI is InChI=1S/C11H17N7O3S/c1-7(2)18-14-11(13-16-18)15-22(20,21)8-5-9(10(19)12-3)17(4)6-8/h5-7H,1-4H3,(H,12,19)(H,14,15). The maximum absolute atomic E-state index is 12.3. The molecule has 120 valence electrons. The van der Waals surface area contributed by atoms with Gasteiger partial charge in [0, 0.05) is 20.3 Å². The Morgan fingerprint density at radius 2 is 2.05 bits per heavy atom. The van der Waals surface area contributed by atoms with Crippen molar-refractivity contribution in [3.8, 4) is 0 Å². The van der Waals surface area contributed by atoms with Gasteiger partial charge < -0.3 is 9.88 Å². The number of aryl methyl sites for hydroxylation is 1. The van der Waals surface area contributed by atoms with E-state index in [-0.39, 0.29) is 28.5 Å². The lowest BCUT2D eigenvalue weighted by atomic mass is 10.4. The maximum Gasteiger partial charge on any atom is 0.277 e. The minimum Gasteiger partial charge on any atom is -0.354 e. The molecule has 0 unspecified atom stereocenters. The van der Waals surface area contributed by atoms with Gasteiger partial charge in [-0.25, -0.2) is 13.1 Å². The minimum absolute atomic E-state index is 0.0395. The van der Waals surface area contributed by atoms with Crippen LogP contribution in [0.1, 0.15) is 30.4 Å². The zero-order valence-corrected chi connectivity index (χ0v) is 13.4. The van der Waals surface area contributed by atoms with Gasteiger partial charge in [-0.3, -0.25) is 4.79 Å². The third kappa shape index (κ3) is 3.08. The molecule has 2 heterocycles. The van der Waals surface area contributed by atoms with Crippen molar-refractivity contribution in [3.63, 3.8) is 0 Å². The van der Waals surface area contributed by atoms with Gasteiger partial charge in [-0.2, -0.15) is 4.80 Å². The number of hydrogen-bond acceptors (Lipinski definition) is 6. The van der Waals surface area contributed by atoms with Crippen molar-refractivity contribution in [2.75, 3.05) is 11.8 Å². The first kappa shape index (κ1) is 15.9. The topological polar surface area (TPSA) is 124 Å². The molecule has 0 saturated carbocycles. The molecule has 2 rings (SSSR count). The smallest absolute Gasteiger partial charge is 0.277 e. The highest BCUT2D eigenvalue weighted by Crippen LogP contribution is 2.16. The van der Waals surface area contributed by atoms with Gasteiger partial charge in [0.05, 0.1) is 6.04 Å². The average molecular weight is 327 g/mol. The number of anilines is 1. The van der Waals surface area contributed by atoms with Gasteiger partial charge in [0.1, 0.15) is 10.6 Å². The van der Waals surface area contributed by atoms with E-state index in [2.05, 4.69) is 25.4 Å². The molecule has 0 fully saturated rings. The minimum atomic E-state index is -3.90.